The van der Waals surface area contributed by atoms with E-state index in [1.807, 2.05) is 10.7 Å². The zero-order valence-electron chi connectivity index (χ0n) is 16.0. The van der Waals surface area contributed by atoms with Gasteiger partial charge in [0.15, 0.2) is 0 Å². The van der Waals surface area contributed by atoms with Crippen LogP contribution in [0.3, 0.4) is 0 Å². The Morgan fingerprint density at radius 2 is 1.85 bits per heavy atom. The third-order valence-corrected chi connectivity index (χ3v) is 5.34. The molecule has 0 bridgehead atoms. The van der Waals surface area contributed by atoms with Crippen LogP contribution in [0.25, 0.3) is 0 Å². The molecule has 1 aliphatic rings. The van der Waals surface area contributed by atoms with E-state index in [2.05, 4.69) is 59.8 Å². The second-order valence-electron chi connectivity index (χ2n) is 8.10. The molecule has 0 saturated carbocycles. The lowest BCUT2D eigenvalue weighted by Gasteiger charge is -2.28. The first kappa shape index (κ1) is 19.1. The van der Waals surface area contributed by atoms with Gasteiger partial charge in [-0.3, -0.25) is 9.58 Å². The maximum absolute atomic E-state index is 11.2. The summed E-state index contributed by atoms with van der Waals surface area (Å²) < 4.78 is 27.0. The van der Waals surface area contributed by atoms with Gasteiger partial charge in [0.05, 0.1) is 30.7 Å². The molecule has 0 spiro atoms. The van der Waals surface area contributed by atoms with Gasteiger partial charge in [-0.1, -0.05) is 45.0 Å². The zero-order chi connectivity index (χ0) is 18.9. The van der Waals surface area contributed by atoms with Gasteiger partial charge in [0, 0.05) is 19.6 Å². The number of hydrogen-bond donors (Lipinski definition) is 1. The van der Waals surface area contributed by atoms with Crippen LogP contribution in [-0.4, -0.2) is 35.9 Å². The Balaban J connectivity index is 1.62. The maximum Gasteiger partial charge on any atom is 0.209 e. The lowest BCUT2D eigenvalue weighted by atomic mass is 9.87. The van der Waals surface area contributed by atoms with E-state index in [1.165, 1.54) is 11.1 Å². The monoisotopic (exact) mass is 376 g/mol. The van der Waals surface area contributed by atoms with Crippen LogP contribution in [0.2, 0.25) is 0 Å². The molecule has 0 fully saturated rings. The third kappa shape index (κ3) is 4.93. The minimum absolute atomic E-state index is 0.173. The molecule has 142 valence electrons. The molecule has 0 radical (unpaired) electrons. The van der Waals surface area contributed by atoms with Crippen LogP contribution in [0.1, 0.15) is 43.3 Å². The average Bonchev–Trinajstić information content (AvgIpc) is 2.94. The van der Waals surface area contributed by atoms with E-state index >= 15 is 0 Å². The Kier molecular flexibility index (Phi) is 5.23. The second-order valence-corrected chi connectivity index (χ2v) is 9.93. The SMILES string of the molecule is CC(C)(C)c1ccc(CN2CCn3nc(CNS(C)(=O)=O)cc3C2)cc1. The fourth-order valence-corrected chi connectivity index (χ4v) is 3.58. The largest absolute Gasteiger partial charge is 0.291 e. The molecule has 0 amide bonds. The molecular weight excluding hydrogens is 348 g/mol. The van der Waals surface area contributed by atoms with Crippen LogP contribution in [0.5, 0.6) is 0 Å². The normalized spacial score (nSPS) is 15.8. The molecule has 2 heterocycles. The first-order valence-corrected chi connectivity index (χ1v) is 10.8. The molecule has 2 aromatic rings. The molecule has 1 N–H and O–H groups in total. The van der Waals surface area contributed by atoms with Crippen molar-refractivity contribution in [1.29, 1.82) is 0 Å². The van der Waals surface area contributed by atoms with Gasteiger partial charge in [0.2, 0.25) is 10.0 Å². The van der Waals surface area contributed by atoms with E-state index in [1.54, 1.807) is 0 Å². The Bertz CT molecular complexity index is 864. The maximum atomic E-state index is 11.2. The summed E-state index contributed by atoms with van der Waals surface area (Å²) in [6.07, 6.45) is 1.16. The van der Waals surface area contributed by atoms with Crippen LogP contribution in [0.15, 0.2) is 30.3 Å². The van der Waals surface area contributed by atoms with Crippen molar-refractivity contribution in [3.63, 3.8) is 0 Å². The molecule has 26 heavy (non-hydrogen) atoms. The van der Waals surface area contributed by atoms with Crippen LogP contribution in [0.4, 0.5) is 0 Å². The number of nitrogens with one attached hydrogen (secondary N) is 1. The van der Waals surface area contributed by atoms with Gasteiger partial charge in [0.1, 0.15) is 0 Å². The molecule has 6 nitrogen and oxygen atoms in total. The van der Waals surface area contributed by atoms with Gasteiger partial charge < -0.3 is 0 Å². The van der Waals surface area contributed by atoms with E-state index < -0.39 is 10.0 Å². The van der Waals surface area contributed by atoms with Gasteiger partial charge in [-0.05, 0) is 22.6 Å². The second kappa shape index (κ2) is 7.13. The topological polar surface area (TPSA) is 67.2 Å². The molecular formula is C19H28N4O2S. The summed E-state index contributed by atoms with van der Waals surface area (Å²) in [7, 11) is -3.20. The predicted molar refractivity (Wildman–Crippen MR) is 103 cm³/mol. The minimum atomic E-state index is -3.20. The predicted octanol–water partition coefficient (Wildman–Crippen LogP) is 2.25. The van der Waals surface area contributed by atoms with E-state index in [0.29, 0.717) is 0 Å². The van der Waals surface area contributed by atoms with Crippen molar-refractivity contribution in [2.75, 3.05) is 12.8 Å². The van der Waals surface area contributed by atoms with Crippen LogP contribution in [0, 0.1) is 0 Å². The van der Waals surface area contributed by atoms with E-state index in [-0.39, 0.29) is 12.0 Å². The summed E-state index contributed by atoms with van der Waals surface area (Å²) in [6.45, 7) is 10.4. The molecule has 3 rings (SSSR count). The summed E-state index contributed by atoms with van der Waals surface area (Å²) in [5.41, 5.74) is 4.73. The lowest BCUT2D eigenvalue weighted by Crippen LogP contribution is -2.33. The number of hydrogen-bond acceptors (Lipinski definition) is 4. The molecule has 0 saturated heterocycles. The van der Waals surface area contributed by atoms with Crippen LogP contribution < -0.4 is 4.72 Å². The highest BCUT2D eigenvalue weighted by Gasteiger charge is 2.19. The molecule has 1 aromatic carbocycles. The van der Waals surface area contributed by atoms with Crippen molar-refractivity contribution < 1.29 is 8.42 Å². The molecule has 1 aromatic heterocycles. The minimum Gasteiger partial charge on any atom is -0.291 e. The first-order chi connectivity index (χ1) is 12.1. The fourth-order valence-electron chi connectivity index (χ4n) is 3.17. The number of aromatic nitrogens is 2. The van der Waals surface area contributed by atoms with Gasteiger partial charge in [-0.2, -0.15) is 5.10 Å². The van der Waals surface area contributed by atoms with Crippen LogP contribution >= 0.6 is 0 Å². The standard InChI is InChI=1S/C19H28N4O2S/c1-19(2,3)16-7-5-15(6-8-16)13-22-9-10-23-18(14-22)11-17(21-23)12-20-26(4,24)25/h5-8,11,20H,9-10,12-14H2,1-4H3. The van der Waals surface area contributed by atoms with Crippen molar-refractivity contribution >= 4 is 10.0 Å². The highest BCUT2D eigenvalue weighted by Crippen LogP contribution is 2.23. The van der Waals surface area contributed by atoms with Crippen molar-refractivity contribution in [3.05, 3.63) is 52.8 Å². The van der Waals surface area contributed by atoms with Gasteiger partial charge in [-0.25, -0.2) is 13.1 Å². The van der Waals surface area contributed by atoms with E-state index in [9.17, 15) is 8.42 Å². The zero-order valence-corrected chi connectivity index (χ0v) is 16.8. The van der Waals surface area contributed by atoms with Crippen LogP contribution in [-0.2, 0) is 41.6 Å². The lowest BCUT2D eigenvalue weighted by molar-refractivity contribution is 0.205. The number of benzene rings is 1. The third-order valence-electron chi connectivity index (χ3n) is 4.67. The van der Waals surface area contributed by atoms with Gasteiger partial charge in [-0.15, -0.1) is 0 Å². The summed E-state index contributed by atoms with van der Waals surface area (Å²) in [4.78, 5) is 2.40. The van der Waals surface area contributed by atoms with Crippen molar-refractivity contribution in [2.24, 2.45) is 0 Å². The van der Waals surface area contributed by atoms with Gasteiger partial charge in [0.25, 0.3) is 0 Å². The number of rotatable bonds is 5. The molecule has 0 aliphatic carbocycles. The Hall–Kier alpha value is -1.70. The number of fused-ring (bicyclic) bond motifs is 1. The molecule has 0 atom stereocenters. The molecule has 7 heteroatoms. The van der Waals surface area contributed by atoms with Crippen molar-refractivity contribution in [3.8, 4) is 0 Å². The Labute approximate surface area is 156 Å². The summed E-state index contributed by atoms with van der Waals surface area (Å²) in [5, 5.41) is 4.50. The average molecular weight is 377 g/mol. The summed E-state index contributed by atoms with van der Waals surface area (Å²) in [5.74, 6) is 0. The Morgan fingerprint density at radius 1 is 1.15 bits per heavy atom. The summed E-state index contributed by atoms with van der Waals surface area (Å²) in [6, 6.07) is 10.9. The van der Waals surface area contributed by atoms with E-state index in [4.69, 9.17) is 0 Å². The highest BCUT2D eigenvalue weighted by atomic mass is 32.2. The molecule has 0 unspecified atom stereocenters. The smallest absolute Gasteiger partial charge is 0.209 e. The number of nitrogens with zero attached hydrogens (tertiary/aromatic N) is 3. The first-order valence-electron chi connectivity index (χ1n) is 8.92. The van der Waals surface area contributed by atoms with Crippen molar-refractivity contribution in [2.45, 2.75) is 52.4 Å². The number of sulfonamides is 1. The summed E-state index contributed by atoms with van der Waals surface area (Å²) >= 11 is 0. The highest BCUT2D eigenvalue weighted by molar-refractivity contribution is 7.88. The van der Waals surface area contributed by atoms with Gasteiger partial charge >= 0.3 is 0 Å². The van der Waals surface area contributed by atoms with Crippen molar-refractivity contribution in [1.82, 2.24) is 19.4 Å². The quantitative estimate of drug-likeness (QED) is 0.869. The Morgan fingerprint density at radius 3 is 2.46 bits per heavy atom. The van der Waals surface area contributed by atoms with E-state index in [0.717, 1.165) is 43.8 Å². The molecule has 1 aliphatic heterocycles. The fraction of sp³-hybridized carbons (Fsp3) is 0.526.